The molecule has 3 rings (SSSR count). The number of ketones is 1. The third kappa shape index (κ3) is 4.43. The number of carbonyl (C=O) groups is 1. The summed E-state index contributed by atoms with van der Waals surface area (Å²) in [6.07, 6.45) is 0. The summed E-state index contributed by atoms with van der Waals surface area (Å²) in [4.78, 5) is 11.9. The number of hydrogen-bond donors (Lipinski definition) is 1. The molecule has 0 amide bonds. The second kappa shape index (κ2) is 7.91. The van der Waals surface area contributed by atoms with Gasteiger partial charge in [0.25, 0.3) is 0 Å². The van der Waals surface area contributed by atoms with Crippen molar-refractivity contribution in [1.82, 2.24) is 20.2 Å². The van der Waals surface area contributed by atoms with Gasteiger partial charge in [-0.25, -0.2) is 0 Å². The van der Waals surface area contributed by atoms with E-state index < -0.39 is 0 Å². The van der Waals surface area contributed by atoms with Crippen molar-refractivity contribution in [3.8, 4) is 5.69 Å². The summed E-state index contributed by atoms with van der Waals surface area (Å²) in [7, 11) is 0. The zero-order valence-corrected chi connectivity index (χ0v) is 14.7. The van der Waals surface area contributed by atoms with Gasteiger partial charge < -0.3 is 0 Å². The molecule has 0 aliphatic carbocycles. The van der Waals surface area contributed by atoms with E-state index >= 15 is 0 Å². The predicted molar refractivity (Wildman–Crippen MR) is 98.2 cm³/mol. The molecule has 1 heterocycles. The van der Waals surface area contributed by atoms with Gasteiger partial charge in [-0.05, 0) is 58.6 Å². The van der Waals surface area contributed by atoms with Crippen LogP contribution in [0.1, 0.15) is 6.92 Å². The number of rotatable bonds is 5. The molecule has 0 unspecified atom stereocenters. The van der Waals surface area contributed by atoms with Crippen molar-refractivity contribution >= 4 is 39.9 Å². The van der Waals surface area contributed by atoms with E-state index in [-0.39, 0.29) is 10.8 Å². The Labute approximate surface area is 153 Å². The molecule has 0 bridgehead atoms. The van der Waals surface area contributed by atoms with Crippen LogP contribution in [0.15, 0.2) is 64.9 Å². The van der Waals surface area contributed by atoms with Gasteiger partial charge in [0.1, 0.15) is 0 Å². The van der Waals surface area contributed by atoms with Crippen molar-refractivity contribution in [2.24, 2.45) is 5.10 Å². The minimum atomic E-state index is -0.200. The van der Waals surface area contributed by atoms with Gasteiger partial charge in [0, 0.05) is 11.9 Å². The molecule has 3 aromatic rings. The van der Waals surface area contributed by atoms with E-state index in [1.54, 1.807) is 28.9 Å². The third-order valence-corrected chi connectivity index (χ3v) is 4.32. The minimum absolute atomic E-state index is 0.200. The van der Waals surface area contributed by atoms with Crippen LogP contribution in [-0.4, -0.2) is 31.0 Å². The molecule has 0 aliphatic rings. The molecule has 0 spiro atoms. The number of thioether (sulfide) groups is 1. The Balaban J connectivity index is 1.81. The van der Waals surface area contributed by atoms with E-state index in [9.17, 15) is 4.79 Å². The summed E-state index contributed by atoms with van der Waals surface area (Å²) in [5.41, 5.74) is 4.34. The molecular formula is C16H13ClN6OS. The zero-order chi connectivity index (χ0) is 17.6. The lowest BCUT2D eigenvalue weighted by Crippen LogP contribution is -2.10. The van der Waals surface area contributed by atoms with Crippen molar-refractivity contribution in [3.63, 3.8) is 0 Å². The number of nitrogens with one attached hydrogen (secondary N) is 1. The maximum Gasteiger partial charge on any atom is 0.220 e. The van der Waals surface area contributed by atoms with Gasteiger partial charge in [-0.1, -0.05) is 29.8 Å². The van der Waals surface area contributed by atoms with Crippen LogP contribution < -0.4 is 5.43 Å². The number of hydrazone groups is 1. The van der Waals surface area contributed by atoms with Gasteiger partial charge >= 0.3 is 0 Å². The van der Waals surface area contributed by atoms with Crippen molar-refractivity contribution in [3.05, 3.63) is 59.6 Å². The van der Waals surface area contributed by atoms with Crippen LogP contribution in [0.25, 0.3) is 5.69 Å². The summed E-state index contributed by atoms with van der Waals surface area (Å²) in [5, 5.41) is 17.1. The highest BCUT2D eigenvalue weighted by Gasteiger charge is 2.16. The first kappa shape index (κ1) is 17.1. The average molecular weight is 373 g/mol. The largest absolute Gasteiger partial charge is 0.292 e. The maximum absolute atomic E-state index is 11.9. The summed E-state index contributed by atoms with van der Waals surface area (Å²) in [6.45, 7) is 1.44. The fraction of sp³-hybridized carbons (Fsp3) is 0.0625. The topological polar surface area (TPSA) is 85.1 Å². The summed E-state index contributed by atoms with van der Waals surface area (Å²) in [5.74, 6) is -0.200. The molecule has 1 aromatic heterocycles. The molecule has 1 N–H and O–H groups in total. The van der Waals surface area contributed by atoms with Crippen molar-refractivity contribution in [2.45, 2.75) is 12.1 Å². The van der Waals surface area contributed by atoms with Crippen LogP contribution in [0.2, 0.25) is 5.02 Å². The average Bonchev–Trinajstić information content (AvgIpc) is 3.08. The molecule has 2 aromatic carbocycles. The lowest BCUT2D eigenvalue weighted by atomic mass is 10.3. The molecule has 9 heteroatoms. The number of Topliss-reactive ketones (excluding diaryl/α,β-unsaturated/α-hetero) is 1. The summed E-state index contributed by atoms with van der Waals surface area (Å²) >= 11 is 6.93. The van der Waals surface area contributed by atoms with Gasteiger partial charge in [0.15, 0.2) is 10.8 Å². The second-order valence-electron chi connectivity index (χ2n) is 4.90. The normalized spacial score (nSPS) is 11.4. The Morgan fingerprint density at radius 2 is 1.88 bits per heavy atom. The van der Waals surface area contributed by atoms with Crippen LogP contribution in [0, 0.1) is 0 Å². The molecule has 0 atom stereocenters. The van der Waals surface area contributed by atoms with E-state index in [2.05, 4.69) is 26.1 Å². The van der Waals surface area contributed by atoms with Crippen LogP contribution in [-0.2, 0) is 4.79 Å². The molecular weight excluding hydrogens is 360 g/mol. The molecule has 126 valence electrons. The van der Waals surface area contributed by atoms with Crippen LogP contribution in [0.4, 0.5) is 5.69 Å². The first-order chi connectivity index (χ1) is 12.1. The summed E-state index contributed by atoms with van der Waals surface area (Å²) < 4.78 is 1.55. The molecule has 7 nitrogen and oxygen atoms in total. The Morgan fingerprint density at radius 1 is 1.16 bits per heavy atom. The Bertz CT molecular complexity index is 895. The van der Waals surface area contributed by atoms with E-state index in [1.807, 2.05) is 30.3 Å². The molecule has 0 saturated heterocycles. The monoisotopic (exact) mass is 372 g/mol. The number of anilines is 1. The van der Waals surface area contributed by atoms with Gasteiger partial charge in [-0.2, -0.15) is 9.78 Å². The highest BCUT2D eigenvalue weighted by atomic mass is 35.5. The molecule has 0 fully saturated rings. The first-order valence-electron chi connectivity index (χ1n) is 7.25. The van der Waals surface area contributed by atoms with Gasteiger partial charge in [0.05, 0.1) is 11.4 Å². The van der Waals surface area contributed by atoms with E-state index in [0.29, 0.717) is 15.9 Å². The van der Waals surface area contributed by atoms with E-state index in [0.717, 1.165) is 17.4 Å². The third-order valence-electron chi connectivity index (χ3n) is 3.06. The molecule has 0 aliphatic heterocycles. The van der Waals surface area contributed by atoms with E-state index in [4.69, 9.17) is 11.6 Å². The van der Waals surface area contributed by atoms with Gasteiger partial charge in [-0.15, -0.1) is 5.10 Å². The Hall–Kier alpha value is -2.71. The van der Waals surface area contributed by atoms with Gasteiger partial charge in [0.2, 0.25) is 5.16 Å². The number of nitrogens with zero attached hydrogens (tertiary/aromatic N) is 5. The quantitative estimate of drug-likeness (QED) is 0.319. The van der Waals surface area contributed by atoms with Crippen LogP contribution >= 0.6 is 23.4 Å². The first-order valence-corrected chi connectivity index (χ1v) is 8.45. The van der Waals surface area contributed by atoms with Crippen molar-refractivity contribution < 1.29 is 4.79 Å². The fourth-order valence-corrected chi connectivity index (χ4v) is 2.71. The van der Waals surface area contributed by atoms with Crippen molar-refractivity contribution in [2.75, 3.05) is 5.43 Å². The lowest BCUT2D eigenvalue weighted by Gasteiger charge is -2.05. The number of tetrazole rings is 1. The standard InChI is InChI=1S/C16H13ClN6OS/c1-11(24)15(19-18-13-9-7-12(17)8-10-13)25-16-20-21-22-23(16)14-5-3-2-4-6-14/h2-10,18H,1H3/b19-15-. The maximum atomic E-state index is 11.9. The fourth-order valence-electron chi connectivity index (χ4n) is 1.87. The lowest BCUT2D eigenvalue weighted by molar-refractivity contribution is -0.110. The second-order valence-corrected chi connectivity index (χ2v) is 6.30. The SMILES string of the molecule is CC(=O)/C(=N/Nc1ccc(Cl)cc1)Sc1nnnn1-c1ccccc1. The summed E-state index contributed by atoms with van der Waals surface area (Å²) in [6, 6.07) is 16.4. The van der Waals surface area contributed by atoms with E-state index in [1.165, 1.54) is 6.92 Å². The number of hydrogen-bond acceptors (Lipinski definition) is 7. The van der Waals surface area contributed by atoms with Crippen LogP contribution in [0.5, 0.6) is 0 Å². The highest BCUT2D eigenvalue weighted by Crippen LogP contribution is 2.21. The van der Waals surface area contributed by atoms with Crippen molar-refractivity contribution in [1.29, 1.82) is 0 Å². The minimum Gasteiger partial charge on any atom is -0.292 e. The Kier molecular flexibility index (Phi) is 5.42. The number of para-hydroxylation sites is 1. The molecule has 25 heavy (non-hydrogen) atoms. The van der Waals surface area contributed by atoms with Gasteiger partial charge in [-0.3, -0.25) is 10.2 Å². The predicted octanol–water partition coefficient (Wildman–Crippen LogP) is 3.42. The molecule has 0 saturated carbocycles. The van der Waals surface area contributed by atoms with Crippen LogP contribution in [0.3, 0.4) is 0 Å². The number of aromatic nitrogens is 4. The zero-order valence-electron chi connectivity index (χ0n) is 13.1. The number of benzene rings is 2. The smallest absolute Gasteiger partial charge is 0.220 e. The number of carbonyl (C=O) groups excluding carboxylic acids is 1. The Morgan fingerprint density at radius 3 is 2.56 bits per heavy atom. The number of halogens is 1. The highest BCUT2D eigenvalue weighted by molar-refractivity contribution is 8.15. The molecule has 0 radical (unpaired) electrons.